The van der Waals surface area contributed by atoms with Gasteiger partial charge in [-0.15, -0.1) is 0 Å². The molecule has 0 bridgehead atoms. The molecule has 52 heavy (non-hydrogen) atoms. The van der Waals surface area contributed by atoms with E-state index < -0.39 is 0 Å². The zero-order valence-electron chi connectivity index (χ0n) is 29.4. The molecule has 10 rings (SSSR count). The molecular formula is C50H38N2. The summed E-state index contributed by atoms with van der Waals surface area (Å²) in [4.78, 5) is 0. The number of hydrogen-bond donors (Lipinski definition) is 0. The van der Waals surface area contributed by atoms with Crippen LogP contribution in [0.2, 0.25) is 0 Å². The second-order valence-electron chi connectivity index (χ2n) is 12.9. The Hall–Kier alpha value is -6.64. The molecule has 0 radical (unpaired) electrons. The first-order valence-electron chi connectivity index (χ1n) is 18.2. The average Bonchev–Trinajstić information content (AvgIpc) is 3.75. The van der Waals surface area contributed by atoms with Gasteiger partial charge in [-0.2, -0.15) is 0 Å². The fourth-order valence-corrected chi connectivity index (χ4v) is 7.90. The van der Waals surface area contributed by atoms with E-state index >= 15 is 0 Å². The van der Waals surface area contributed by atoms with Gasteiger partial charge in [-0.1, -0.05) is 159 Å². The third-order valence-corrected chi connectivity index (χ3v) is 10.2. The first kappa shape index (κ1) is 31.3. The van der Waals surface area contributed by atoms with Crippen molar-refractivity contribution >= 4 is 43.6 Å². The van der Waals surface area contributed by atoms with Crippen molar-refractivity contribution in [3.05, 3.63) is 194 Å². The Kier molecular flexibility index (Phi) is 7.98. The molecule has 2 aromatic heterocycles. The van der Waals surface area contributed by atoms with Gasteiger partial charge in [-0.25, -0.2) is 0 Å². The van der Waals surface area contributed by atoms with Crippen molar-refractivity contribution in [2.75, 3.05) is 0 Å². The number of rotatable bonds is 5. The molecule has 0 spiro atoms. The molecule has 0 fully saturated rings. The molecule has 2 heteroatoms. The van der Waals surface area contributed by atoms with Crippen LogP contribution in [0.5, 0.6) is 0 Å². The first-order valence-corrected chi connectivity index (χ1v) is 18.2. The lowest BCUT2D eigenvalue weighted by Crippen LogP contribution is -1.95. The van der Waals surface area contributed by atoms with Crippen LogP contribution in [0.15, 0.2) is 194 Å². The topological polar surface area (TPSA) is 9.86 Å². The third-order valence-electron chi connectivity index (χ3n) is 10.2. The minimum Gasteiger partial charge on any atom is -0.309 e. The highest BCUT2D eigenvalue weighted by atomic mass is 15.0. The summed E-state index contributed by atoms with van der Waals surface area (Å²) in [5.41, 5.74) is 14.5. The van der Waals surface area contributed by atoms with Crippen LogP contribution in [0, 0.1) is 0 Å². The molecule has 2 heterocycles. The number of benzene rings is 8. The summed E-state index contributed by atoms with van der Waals surface area (Å²) in [6.07, 6.45) is 0. The summed E-state index contributed by atoms with van der Waals surface area (Å²) in [7, 11) is 0. The summed E-state index contributed by atoms with van der Waals surface area (Å²) in [6.45, 7) is 4.00. The first-order chi connectivity index (χ1) is 25.8. The molecule has 8 aromatic carbocycles. The van der Waals surface area contributed by atoms with Gasteiger partial charge in [0.1, 0.15) is 0 Å². The maximum absolute atomic E-state index is 2.43. The minimum absolute atomic E-state index is 1.15. The van der Waals surface area contributed by atoms with E-state index in [9.17, 15) is 0 Å². The van der Waals surface area contributed by atoms with E-state index in [0.717, 1.165) is 11.4 Å². The van der Waals surface area contributed by atoms with Crippen molar-refractivity contribution in [3.8, 4) is 44.8 Å². The zero-order chi connectivity index (χ0) is 35.0. The molecule has 0 amide bonds. The lowest BCUT2D eigenvalue weighted by Gasteiger charge is -2.13. The highest BCUT2D eigenvalue weighted by Crippen LogP contribution is 2.43. The quantitative estimate of drug-likeness (QED) is 0.173. The van der Waals surface area contributed by atoms with Crippen LogP contribution in [0.4, 0.5) is 0 Å². The Morgan fingerprint density at radius 1 is 0.269 bits per heavy atom. The molecule has 0 aliphatic heterocycles. The summed E-state index contributed by atoms with van der Waals surface area (Å²) < 4.78 is 4.85. The van der Waals surface area contributed by atoms with Gasteiger partial charge in [-0.05, 0) is 81.9 Å². The van der Waals surface area contributed by atoms with E-state index in [1.54, 1.807) is 0 Å². The normalized spacial score (nSPS) is 11.3. The highest BCUT2D eigenvalue weighted by Gasteiger charge is 2.20. The third kappa shape index (κ3) is 5.11. The van der Waals surface area contributed by atoms with Crippen LogP contribution in [-0.2, 0) is 0 Å². The van der Waals surface area contributed by atoms with Gasteiger partial charge < -0.3 is 9.13 Å². The predicted molar refractivity (Wildman–Crippen MR) is 223 cm³/mol. The molecule has 2 nitrogen and oxygen atoms in total. The molecule has 248 valence electrons. The molecule has 0 saturated heterocycles. The maximum Gasteiger partial charge on any atom is 0.0548 e. The number of fused-ring (bicyclic) bond motifs is 7. The van der Waals surface area contributed by atoms with Crippen molar-refractivity contribution in [1.29, 1.82) is 0 Å². The lowest BCUT2D eigenvalue weighted by atomic mass is 9.94. The minimum atomic E-state index is 1.15. The van der Waals surface area contributed by atoms with Crippen LogP contribution < -0.4 is 0 Å². The second-order valence-corrected chi connectivity index (χ2v) is 12.9. The SMILES string of the molecule is CC.c1ccc(-c2ccc(-n3c4ccccc4c4c5c6ccccc6n(-c6ccc(-c7ccccc7-c7ccccc7)cc6)c5ccc43)cc2)cc1. The molecule has 0 aliphatic carbocycles. The smallest absolute Gasteiger partial charge is 0.0548 e. The molecule has 0 saturated carbocycles. The molecular weight excluding hydrogens is 629 g/mol. The van der Waals surface area contributed by atoms with Crippen LogP contribution in [0.25, 0.3) is 88.4 Å². The number of aromatic nitrogens is 2. The van der Waals surface area contributed by atoms with Crippen LogP contribution in [0.3, 0.4) is 0 Å². The zero-order valence-corrected chi connectivity index (χ0v) is 29.4. The van der Waals surface area contributed by atoms with Crippen LogP contribution in [-0.4, -0.2) is 9.13 Å². The van der Waals surface area contributed by atoms with Gasteiger partial charge in [-0.3, -0.25) is 0 Å². The van der Waals surface area contributed by atoms with E-state index in [4.69, 9.17) is 0 Å². The van der Waals surface area contributed by atoms with E-state index in [0.29, 0.717) is 0 Å². The molecule has 10 aromatic rings. The molecule has 0 aliphatic rings. The summed E-state index contributed by atoms with van der Waals surface area (Å²) in [6, 6.07) is 70.2. The molecule has 0 atom stereocenters. The van der Waals surface area contributed by atoms with Crippen molar-refractivity contribution in [2.24, 2.45) is 0 Å². The van der Waals surface area contributed by atoms with Gasteiger partial charge in [0.25, 0.3) is 0 Å². The van der Waals surface area contributed by atoms with Gasteiger partial charge >= 0.3 is 0 Å². The van der Waals surface area contributed by atoms with E-state index in [1.807, 2.05) is 13.8 Å². The largest absolute Gasteiger partial charge is 0.309 e. The van der Waals surface area contributed by atoms with Crippen LogP contribution in [0.1, 0.15) is 13.8 Å². The Morgan fingerprint density at radius 3 is 1.10 bits per heavy atom. The maximum atomic E-state index is 2.43. The average molecular weight is 667 g/mol. The van der Waals surface area contributed by atoms with Gasteiger partial charge in [0, 0.05) is 32.9 Å². The molecule has 0 N–H and O–H groups in total. The van der Waals surface area contributed by atoms with Crippen molar-refractivity contribution in [2.45, 2.75) is 13.8 Å². The predicted octanol–water partition coefficient (Wildman–Crippen LogP) is 13.9. The Morgan fingerprint density at radius 2 is 0.615 bits per heavy atom. The van der Waals surface area contributed by atoms with Crippen molar-refractivity contribution in [1.82, 2.24) is 9.13 Å². The van der Waals surface area contributed by atoms with E-state index in [-0.39, 0.29) is 0 Å². The highest BCUT2D eigenvalue weighted by molar-refractivity contribution is 6.28. The molecule has 0 unspecified atom stereocenters. The van der Waals surface area contributed by atoms with Crippen LogP contribution >= 0.6 is 0 Å². The number of para-hydroxylation sites is 2. The monoisotopic (exact) mass is 666 g/mol. The summed E-state index contributed by atoms with van der Waals surface area (Å²) >= 11 is 0. The fourth-order valence-electron chi connectivity index (χ4n) is 7.90. The number of nitrogens with zero attached hydrogens (tertiary/aromatic N) is 2. The van der Waals surface area contributed by atoms with Crippen molar-refractivity contribution < 1.29 is 0 Å². The van der Waals surface area contributed by atoms with E-state index in [2.05, 4.69) is 203 Å². The lowest BCUT2D eigenvalue weighted by molar-refractivity contribution is 1.17. The summed E-state index contributed by atoms with van der Waals surface area (Å²) in [5, 5.41) is 5.09. The Labute approximate surface area is 304 Å². The van der Waals surface area contributed by atoms with E-state index in [1.165, 1.54) is 77.0 Å². The number of hydrogen-bond acceptors (Lipinski definition) is 0. The standard InChI is InChI=1S/C48H32N2.C2H6/c1-3-13-33(14-4-1)34-23-27-37(28-24-34)49-43-21-11-9-19-41(43)47-45(49)31-32-46-48(47)42-20-10-12-22-44(42)50(46)38-29-25-36(26-30-38)40-18-8-7-17-39(40)35-15-5-2-6-16-35;1-2/h1-32H;1-2H3. The second kappa shape index (κ2) is 13.2. The van der Waals surface area contributed by atoms with Gasteiger partial charge in [0.2, 0.25) is 0 Å². The Bertz CT molecular complexity index is 2820. The van der Waals surface area contributed by atoms with Crippen molar-refractivity contribution in [3.63, 3.8) is 0 Å². The summed E-state index contributed by atoms with van der Waals surface area (Å²) in [5.74, 6) is 0. The fraction of sp³-hybridized carbons (Fsp3) is 0.0400. The Balaban J connectivity index is 0.00000177. The van der Waals surface area contributed by atoms with Gasteiger partial charge in [0.15, 0.2) is 0 Å². The van der Waals surface area contributed by atoms with Gasteiger partial charge in [0.05, 0.1) is 22.1 Å².